The van der Waals surface area contributed by atoms with Crippen molar-refractivity contribution in [3.8, 4) is 0 Å². The Labute approximate surface area is 111 Å². The number of aliphatic hydroxyl groups is 1. The molecule has 0 saturated carbocycles. The van der Waals surface area contributed by atoms with Gasteiger partial charge in [0, 0.05) is 31.2 Å². The highest BCUT2D eigenvalue weighted by molar-refractivity contribution is 4.92. The smallest absolute Gasteiger partial charge is 0.0599 e. The number of aliphatic hydroxyl groups excluding tert-OH is 1. The molecule has 0 radical (unpaired) electrons. The van der Waals surface area contributed by atoms with Gasteiger partial charge in [-0.2, -0.15) is 0 Å². The Morgan fingerprint density at radius 2 is 1.94 bits per heavy atom. The third kappa shape index (κ3) is 3.23. The number of nitrogens with zero attached hydrogens (tertiary/aromatic N) is 2. The molecule has 2 atom stereocenters. The van der Waals surface area contributed by atoms with Crippen LogP contribution in [0.25, 0.3) is 0 Å². The Kier molecular flexibility index (Phi) is 5.01. The molecule has 0 aromatic heterocycles. The van der Waals surface area contributed by atoms with Gasteiger partial charge in [0.2, 0.25) is 0 Å². The summed E-state index contributed by atoms with van der Waals surface area (Å²) in [7, 11) is 2.20. The number of hydrogen-bond acceptors (Lipinski definition) is 4. The number of piperidine rings is 1. The third-order valence-electron chi connectivity index (χ3n) is 4.66. The average Bonchev–Trinajstić information content (AvgIpc) is 2.39. The van der Waals surface area contributed by atoms with Crippen molar-refractivity contribution in [2.45, 2.75) is 44.8 Å². The zero-order chi connectivity index (χ0) is 13.1. The number of hydrogen-bond donors (Lipinski definition) is 2. The van der Waals surface area contributed by atoms with E-state index in [1.807, 2.05) is 0 Å². The van der Waals surface area contributed by atoms with Crippen LogP contribution < -0.4 is 5.32 Å². The maximum absolute atomic E-state index is 9.58. The molecule has 0 amide bonds. The quantitative estimate of drug-likeness (QED) is 0.764. The van der Waals surface area contributed by atoms with Crippen molar-refractivity contribution in [3.05, 3.63) is 0 Å². The molecule has 0 aromatic carbocycles. The van der Waals surface area contributed by atoms with Crippen molar-refractivity contribution in [1.82, 2.24) is 15.1 Å². The number of likely N-dealkylation sites (tertiary alicyclic amines) is 1. The van der Waals surface area contributed by atoms with Gasteiger partial charge < -0.3 is 15.3 Å². The predicted octanol–water partition coefficient (Wildman–Crippen LogP) is 0.371. The number of piperazine rings is 1. The van der Waals surface area contributed by atoms with E-state index in [4.69, 9.17) is 0 Å². The summed E-state index contributed by atoms with van der Waals surface area (Å²) in [6, 6.07) is 1.56. The van der Waals surface area contributed by atoms with Crippen molar-refractivity contribution in [1.29, 1.82) is 0 Å². The van der Waals surface area contributed by atoms with Crippen LogP contribution in [0.1, 0.15) is 26.7 Å². The van der Waals surface area contributed by atoms with Crippen LogP contribution in [0.3, 0.4) is 0 Å². The van der Waals surface area contributed by atoms with Gasteiger partial charge in [0.25, 0.3) is 0 Å². The fourth-order valence-corrected chi connectivity index (χ4v) is 3.24. The summed E-state index contributed by atoms with van der Waals surface area (Å²) >= 11 is 0. The normalized spacial score (nSPS) is 33.2. The third-order valence-corrected chi connectivity index (χ3v) is 4.66. The van der Waals surface area contributed by atoms with Gasteiger partial charge in [-0.1, -0.05) is 13.8 Å². The predicted molar refractivity (Wildman–Crippen MR) is 74.7 cm³/mol. The van der Waals surface area contributed by atoms with Crippen molar-refractivity contribution < 1.29 is 5.11 Å². The van der Waals surface area contributed by atoms with Crippen LogP contribution in [0.4, 0.5) is 0 Å². The molecule has 2 rings (SSSR count). The van der Waals surface area contributed by atoms with E-state index in [1.165, 1.54) is 25.9 Å². The van der Waals surface area contributed by atoms with Crippen LogP contribution in [-0.2, 0) is 0 Å². The van der Waals surface area contributed by atoms with Crippen LogP contribution in [0.15, 0.2) is 0 Å². The molecule has 0 bridgehead atoms. The largest absolute Gasteiger partial charge is 0.395 e. The van der Waals surface area contributed by atoms with Crippen molar-refractivity contribution in [2.75, 3.05) is 39.8 Å². The molecule has 2 N–H and O–H groups in total. The lowest BCUT2D eigenvalue weighted by Crippen LogP contribution is -2.63. The minimum absolute atomic E-state index is 0.282. The van der Waals surface area contributed by atoms with E-state index in [9.17, 15) is 5.11 Å². The van der Waals surface area contributed by atoms with E-state index in [0.29, 0.717) is 24.0 Å². The van der Waals surface area contributed by atoms with Gasteiger partial charge in [-0.25, -0.2) is 0 Å². The first-order valence-corrected chi connectivity index (χ1v) is 7.40. The van der Waals surface area contributed by atoms with Crippen molar-refractivity contribution in [3.63, 3.8) is 0 Å². The van der Waals surface area contributed by atoms with Crippen LogP contribution in [0.5, 0.6) is 0 Å². The Hall–Kier alpha value is -0.160. The SMILES string of the molecule is CC(C)C1CN(C2CCN(C)CC2)C(CO)CN1. The minimum atomic E-state index is 0.282. The molecule has 4 nitrogen and oxygen atoms in total. The zero-order valence-corrected chi connectivity index (χ0v) is 12.1. The van der Waals surface area contributed by atoms with Gasteiger partial charge in [0.15, 0.2) is 0 Å². The van der Waals surface area contributed by atoms with E-state index in [-0.39, 0.29) is 6.61 Å². The Morgan fingerprint density at radius 3 is 2.50 bits per heavy atom. The molecule has 2 aliphatic rings. The molecule has 0 aliphatic carbocycles. The van der Waals surface area contributed by atoms with Crippen molar-refractivity contribution >= 4 is 0 Å². The maximum Gasteiger partial charge on any atom is 0.0599 e. The summed E-state index contributed by atoms with van der Waals surface area (Å²) < 4.78 is 0. The van der Waals surface area contributed by atoms with Crippen LogP contribution in [0, 0.1) is 5.92 Å². The molecule has 0 aromatic rings. The average molecular weight is 255 g/mol. The van der Waals surface area contributed by atoms with Gasteiger partial charge in [-0.05, 0) is 38.9 Å². The van der Waals surface area contributed by atoms with Gasteiger partial charge in [-0.15, -0.1) is 0 Å². The first-order chi connectivity index (χ1) is 8.61. The summed E-state index contributed by atoms with van der Waals surface area (Å²) in [4.78, 5) is 4.99. The second-order valence-corrected chi connectivity index (χ2v) is 6.33. The maximum atomic E-state index is 9.58. The second kappa shape index (κ2) is 6.33. The lowest BCUT2D eigenvalue weighted by Gasteiger charge is -2.47. The van der Waals surface area contributed by atoms with E-state index >= 15 is 0 Å². The minimum Gasteiger partial charge on any atom is -0.395 e. The van der Waals surface area contributed by atoms with Gasteiger partial charge >= 0.3 is 0 Å². The summed E-state index contributed by atoms with van der Waals surface area (Å²) in [6.45, 7) is 9.26. The first kappa shape index (κ1) is 14.3. The molecular weight excluding hydrogens is 226 g/mol. The molecule has 2 fully saturated rings. The number of rotatable bonds is 3. The van der Waals surface area contributed by atoms with E-state index in [2.05, 4.69) is 36.0 Å². The fourth-order valence-electron chi connectivity index (χ4n) is 3.24. The molecule has 18 heavy (non-hydrogen) atoms. The van der Waals surface area contributed by atoms with E-state index in [1.54, 1.807) is 0 Å². The van der Waals surface area contributed by atoms with E-state index < -0.39 is 0 Å². The van der Waals surface area contributed by atoms with E-state index in [0.717, 1.165) is 13.1 Å². The Bertz CT molecular complexity index is 251. The van der Waals surface area contributed by atoms with Gasteiger partial charge in [0.05, 0.1) is 6.61 Å². The van der Waals surface area contributed by atoms with Crippen LogP contribution in [0.2, 0.25) is 0 Å². The van der Waals surface area contributed by atoms with Crippen LogP contribution >= 0.6 is 0 Å². The highest BCUT2D eigenvalue weighted by Gasteiger charge is 2.34. The molecular formula is C14H29N3O. The Balaban J connectivity index is 1.97. The van der Waals surface area contributed by atoms with Crippen molar-refractivity contribution in [2.24, 2.45) is 5.92 Å². The summed E-state index contributed by atoms with van der Waals surface area (Å²) in [5, 5.41) is 13.2. The molecule has 4 heteroatoms. The standard InChI is InChI=1S/C14H29N3O/c1-11(2)14-9-17(13(10-18)8-15-14)12-4-6-16(3)7-5-12/h11-15,18H,4-10H2,1-3H3. The molecule has 2 heterocycles. The fraction of sp³-hybridized carbons (Fsp3) is 1.00. The lowest BCUT2D eigenvalue weighted by atomic mass is 9.94. The summed E-state index contributed by atoms with van der Waals surface area (Å²) in [6.07, 6.45) is 2.50. The first-order valence-electron chi connectivity index (χ1n) is 7.40. The highest BCUT2D eigenvalue weighted by Crippen LogP contribution is 2.22. The number of nitrogens with one attached hydrogen (secondary N) is 1. The zero-order valence-electron chi connectivity index (χ0n) is 12.1. The van der Waals surface area contributed by atoms with Gasteiger partial charge in [-0.3, -0.25) is 4.90 Å². The van der Waals surface area contributed by atoms with Crippen LogP contribution in [-0.4, -0.2) is 72.9 Å². The highest BCUT2D eigenvalue weighted by atomic mass is 16.3. The monoisotopic (exact) mass is 255 g/mol. The Morgan fingerprint density at radius 1 is 1.28 bits per heavy atom. The molecule has 2 saturated heterocycles. The summed E-state index contributed by atoms with van der Waals surface area (Å²) in [5.74, 6) is 0.665. The molecule has 2 aliphatic heterocycles. The lowest BCUT2D eigenvalue weighted by molar-refractivity contribution is 0.0144. The molecule has 106 valence electrons. The second-order valence-electron chi connectivity index (χ2n) is 6.33. The molecule has 0 spiro atoms. The topological polar surface area (TPSA) is 38.7 Å². The molecule has 2 unspecified atom stereocenters. The summed E-state index contributed by atoms with van der Waals surface area (Å²) in [5.41, 5.74) is 0. The van der Waals surface area contributed by atoms with Gasteiger partial charge in [0.1, 0.15) is 0 Å².